The lowest BCUT2D eigenvalue weighted by molar-refractivity contribution is -0.116. The van der Waals surface area contributed by atoms with Crippen LogP contribution in [0.4, 0.5) is 0 Å². The van der Waals surface area contributed by atoms with Gasteiger partial charge in [-0.15, -0.1) is 11.3 Å². The fraction of sp³-hybridized carbons (Fsp3) is 0.182. The third-order valence-electron chi connectivity index (χ3n) is 5.14. The first kappa shape index (κ1) is 16.3. The average Bonchev–Trinajstić information content (AvgIpc) is 3.11. The normalized spacial score (nSPS) is 20.0. The van der Waals surface area contributed by atoms with Crippen molar-refractivity contribution in [3.8, 4) is 0 Å². The number of carbonyl (C=O) groups excluding carboxylic acids is 1. The highest BCUT2D eigenvalue weighted by Crippen LogP contribution is 2.48. The van der Waals surface area contributed by atoms with E-state index in [2.05, 4.69) is 0 Å². The molecule has 0 spiro atoms. The van der Waals surface area contributed by atoms with Crippen LogP contribution in [0.15, 0.2) is 71.8 Å². The fourth-order valence-corrected chi connectivity index (χ4v) is 4.98. The molecule has 2 heterocycles. The molecule has 0 bridgehead atoms. The minimum Gasteiger partial charge on any atom is -0.445 e. The summed E-state index contributed by atoms with van der Waals surface area (Å²) in [5, 5.41) is 0.812. The van der Waals surface area contributed by atoms with Crippen molar-refractivity contribution >= 4 is 32.9 Å². The Morgan fingerprint density at radius 1 is 1.00 bits per heavy atom. The first-order valence-electron chi connectivity index (χ1n) is 9.07. The number of benzene rings is 2. The van der Waals surface area contributed by atoms with Crippen molar-refractivity contribution in [2.24, 2.45) is 5.73 Å². The van der Waals surface area contributed by atoms with E-state index in [0.29, 0.717) is 12.3 Å². The zero-order chi connectivity index (χ0) is 18.4. The Morgan fingerprint density at radius 2 is 1.78 bits per heavy atom. The van der Waals surface area contributed by atoms with E-state index in [1.165, 1.54) is 0 Å². The molecule has 0 amide bonds. The Hall–Kier alpha value is -2.92. The molecule has 0 fully saturated rings. The van der Waals surface area contributed by atoms with Crippen molar-refractivity contribution in [2.75, 3.05) is 0 Å². The van der Waals surface area contributed by atoms with Gasteiger partial charge in [-0.25, -0.2) is 4.98 Å². The van der Waals surface area contributed by atoms with Crippen LogP contribution in [0.2, 0.25) is 0 Å². The smallest absolute Gasteiger partial charge is 0.197 e. The fourth-order valence-electron chi connectivity index (χ4n) is 3.93. The molecule has 27 heavy (non-hydrogen) atoms. The molecule has 1 unspecified atom stereocenters. The molecule has 0 saturated heterocycles. The van der Waals surface area contributed by atoms with Gasteiger partial charge in [0.05, 0.1) is 15.8 Å². The second kappa shape index (κ2) is 6.35. The Labute approximate surface area is 161 Å². The molecule has 0 radical (unpaired) electrons. The first-order valence-corrected chi connectivity index (χ1v) is 9.88. The summed E-state index contributed by atoms with van der Waals surface area (Å²) < 4.78 is 7.05. The van der Waals surface area contributed by atoms with Gasteiger partial charge in [-0.2, -0.15) is 0 Å². The number of thiazole rings is 1. The highest BCUT2D eigenvalue weighted by atomic mass is 32.1. The standard InChI is InChI=1S/C22H18N2O2S/c23-21-20(22-24-14-9-4-5-12-17(14)27-22)18(13-7-2-1-3-8-13)19-15(25)10-6-11-16(19)26-21/h1-5,7-9,12,18H,6,10-11,23H2. The number of allylic oxidation sites excluding steroid dienone is 3. The van der Waals surface area contributed by atoms with Crippen LogP contribution in [0.3, 0.4) is 0 Å². The lowest BCUT2D eigenvalue weighted by atomic mass is 9.77. The monoisotopic (exact) mass is 374 g/mol. The second-order valence-corrected chi connectivity index (χ2v) is 7.85. The molecule has 1 aliphatic heterocycles. The topological polar surface area (TPSA) is 65.2 Å². The summed E-state index contributed by atoms with van der Waals surface area (Å²) in [6, 6.07) is 18.1. The maximum Gasteiger partial charge on any atom is 0.197 e. The number of nitrogens with two attached hydrogens (primary N) is 1. The highest BCUT2D eigenvalue weighted by molar-refractivity contribution is 7.19. The number of hydrogen-bond donors (Lipinski definition) is 1. The van der Waals surface area contributed by atoms with Gasteiger partial charge in [0.25, 0.3) is 0 Å². The molecule has 4 nitrogen and oxygen atoms in total. The Kier molecular flexibility index (Phi) is 3.83. The summed E-state index contributed by atoms with van der Waals surface area (Å²) >= 11 is 1.58. The van der Waals surface area contributed by atoms with Crippen molar-refractivity contribution in [1.29, 1.82) is 0 Å². The molecule has 2 aliphatic rings. The Bertz CT molecular complexity index is 1080. The summed E-state index contributed by atoms with van der Waals surface area (Å²) in [4.78, 5) is 17.6. The Morgan fingerprint density at radius 3 is 2.59 bits per heavy atom. The van der Waals surface area contributed by atoms with Crippen LogP contribution in [-0.4, -0.2) is 10.8 Å². The van der Waals surface area contributed by atoms with Gasteiger partial charge in [-0.05, 0) is 24.1 Å². The van der Waals surface area contributed by atoms with Crippen molar-refractivity contribution < 1.29 is 9.53 Å². The van der Waals surface area contributed by atoms with Crippen LogP contribution in [0, 0.1) is 0 Å². The van der Waals surface area contributed by atoms with Gasteiger partial charge < -0.3 is 10.5 Å². The van der Waals surface area contributed by atoms with Gasteiger partial charge in [-0.3, -0.25) is 4.79 Å². The molecule has 3 aromatic rings. The highest BCUT2D eigenvalue weighted by Gasteiger charge is 2.39. The largest absolute Gasteiger partial charge is 0.445 e. The molecule has 1 aliphatic carbocycles. The number of fused-ring (bicyclic) bond motifs is 1. The van der Waals surface area contributed by atoms with Crippen molar-refractivity contribution in [3.63, 3.8) is 0 Å². The summed E-state index contributed by atoms with van der Waals surface area (Å²) in [7, 11) is 0. The number of ether oxygens (including phenoxy) is 1. The van der Waals surface area contributed by atoms with E-state index < -0.39 is 0 Å². The van der Waals surface area contributed by atoms with E-state index in [4.69, 9.17) is 15.5 Å². The van der Waals surface area contributed by atoms with Crippen LogP contribution >= 0.6 is 11.3 Å². The lowest BCUT2D eigenvalue weighted by Gasteiger charge is -2.32. The zero-order valence-electron chi connectivity index (χ0n) is 14.6. The number of nitrogens with zero attached hydrogens (tertiary/aromatic N) is 1. The van der Waals surface area contributed by atoms with E-state index in [-0.39, 0.29) is 11.7 Å². The predicted octanol–water partition coefficient (Wildman–Crippen LogP) is 4.74. The van der Waals surface area contributed by atoms with Crippen molar-refractivity contribution in [1.82, 2.24) is 4.98 Å². The first-order chi connectivity index (χ1) is 13.2. The summed E-state index contributed by atoms with van der Waals surface area (Å²) in [6.45, 7) is 0. The summed E-state index contributed by atoms with van der Waals surface area (Å²) in [6.07, 6.45) is 2.11. The number of ketones is 1. The van der Waals surface area contributed by atoms with Crippen molar-refractivity contribution in [3.05, 3.63) is 82.4 Å². The maximum atomic E-state index is 12.8. The molecule has 134 valence electrons. The van der Waals surface area contributed by atoms with Gasteiger partial charge in [0, 0.05) is 24.3 Å². The molecule has 1 atom stereocenters. The number of para-hydroxylation sites is 1. The molecular formula is C22H18N2O2S. The number of Topliss-reactive ketones (excluding diaryl/α,β-unsaturated/α-hetero) is 1. The SMILES string of the molecule is NC1=C(c2nc3ccccc3s2)C(c2ccccc2)C2=C(CCCC2=O)O1. The minimum absolute atomic E-state index is 0.149. The maximum absolute atomic E-state index is 12.8. The molecular weight excluding hydrogens is 356 g/mol. The second-order valence-electron chi connectivity index (χ2n) is 6.82. The van der Waals surface area contributed by atoms with Crippen LogP contribution in [0.5, 0.6) is 0 Å². The van der Waals surface area contributed by atoms with E-state index in [0.717, 1.165) is 50.5 Å². The Balaban J connectivity index is 1.73. The van der Waals surface area contributed by atoms with Gasteiger partial charge >= 0.3 is 0 Å². The van der Waals surface area contributed by atoms with E-state index in [9.17, 15) is 4.79 Å². The minimum atomic E-state index is -0.233. The summed E-state index contributed by atoms with van der Waals surface area (Å²) in [5.74, 6) is 0.998. The molecule has 1 aromatic heterocycles. The average molecular weight is 374 g/mol. The summed E-state index contributed by atoms with van der Waals surface area (Å²) in [5.41, 5.74) is 9.91. The van der Waals surface area contributed by atoms with Crippen LogP contribution < -0.4 is 5.73 Å². The van der Waals surface area contributed by atoms with Gasteiger partial charge in [0.15, 0.2) is 11.7 Å². The van der Waals surface area contributed by atoms with E-state index >= 15 is 0 Å². The van der Waals surface area contributed by atoms with E-state index in [1.54, 1.807) is 11.3 Å². The third-order valence-corrected chi connectivity index (χ3v) is 6.21. The van der Waals surface area contributed by atoms with Crippen LogP contribution in [0.1, 0.15) is 35.8 Å². The number of hydrogen-bond acceptors (Lipinski definition) is 5. The third kappa shape index (κ3) is 2.66. The number of rotatable bonds is 2. The predicted molar refractivity (Wildman–Crippen MR) is 107 cm³/mol. The molecule has 2 N–H and O–H groups in total. The van der Waals surface area contributed by atoms with Crippen molar-refractivity contribution in [2.45, 2.75) is 25.2 Å². The number of aromatic nitrogens is 1. The zero-order valence-corrected chi connectivity index (χ0v) is 15.5. The molecule has 0 saturated carbocycles. The van der Waals surface area contributed by atoms with Gasteiger partial charge in [0.1, 0.15) is 10.8 Å². The number of carbonyl (C=O) groups is 1. The molecule has 2 aromatic carbocycles. The van der Waals surface area contributed by atoms with Crippen LogP contribution in [0.25, 0.3) is 15.8 Å². The van der Waals surface area contributed by atoms with Crippen LogP contribution in [-0.2, 0) is 9.53 Å². The quantitative estimate of drug-likeness (QED) is 0.703. The van der Waals surface area contributed by atoms with Gasteiger partial charge in [-0.1, -0.05) is 42.5 Å². The van der Waals surface area contributed by atoms with E-state index in [1.807, 2.05) is 54.6 Å². The lowest BCUT2D eigenvalue weighted by Crippen LogP contribution is -2.27. The molecule has 5 heteroatoms. The van der Waals surface area contributed by atoms with Gasteiger partial charge in [0.2, 0.25) is 0 Å². The molecule has 5 rings (SSSR count).